The Bertz CT molecular complexity index is 815. The van der Waals surface area contributed by atoms with Crippen molar-refractivity contribution in [3.63, 3.8) is 0 Å². The first-order valence-electron chi connectivity index (χ1n) is 8.23. The Labute approximate surface area is 167 Å². The van der Waals surface area contributed by atoms with Gasteiger partial charge < -0.3 is 10.6 Å². The fourth-order valence-corrected chi connectivity index (χ4v) is 3.07. The summed E-state index contributed by atoms with van der Waals surface area (Å²) in [5, 5.41) is 6.48. The molecule has 0 radical (unpaired) electrons. The molecule has 27 heavy (non-hydrogen) atoms. The van der Waals surface area contributed by atoms with Crippen LogP contribution in [0.15, 0.2) is 42.5 Å². The van der Waals surface area contributed by atoms with Crippen molar-refractivity contribution in [1.82, 2.24) is 10.2 Å². The minimum absolute atomic E-state index is 0.0148. The summed E-state index contributed by atoms with van der Waals surface area (Å²) in [6, 6.07) is 10.2. The number of anilines is 1. The van der Waals surface area contributed by atoms with E-state index in [9.17, 15) is 14.0 Å². The van der Waals surface area contributed by atoms with Crippen LogP contribution in [-0.2, 0) is 9.59 Å². The lowest BCUT2D eigenvalue weighted by molar-refractivity contribution is -0.123. The van der Waals surface area contributed by atoms with Gasteiger partial charge in [-0.15, -0.1) is 0 Å². The van der Waals surface area contributed by atoms with Crippen LogP contribution in [0.5, 0.6) is 0 Å². The minimum Gasteiger partial charge on any atom is -0.348 e. The van der Waals surface area contributed by atoms with E-state index in [2.05, 4.69) is 10.6 Å². The molecule has 0 spiro atoms. The molecule has 2 aromatic carbocycles. The van der Waals surface area contributed by atoms with Gasteiger partial charge in [0.2, 0.25) is 11.8 Å². The van der Waals surface area contributed by atoms with Gasteiger partial charge in [0.15, 0.2) is 0 Å². The molecule has 0 unspecified atom stereocenters. The molecule has 0 bridgehead atoms. The second kappa shape index (κ2) is 9.69. The minimum atomic E-state index is -0.378. The Morgan fingerprint density at radius 3 is 2.33 bits per heavy atom. The Kier molecular flexibility index (Phi) is 7.59. The topological polar surface area (TPSA) is 61.4 Å². The van der Waals surface area contributed by atoms with Crippen molar-refractivity contribution >= 4 is 40.7 Å². The van der Waals surface area contributed by atoms with Crippen LogP contribution in [0, 0.1) is 5.82 Å². The zero-order chi connectivity index (χ0) is 20.0. The van der Waals surface area contributed by atoms with Gasteiger partial charge in [-0.1, -0.05) is 29.3 Å². The smallest absolute Gasteiger partial charge is 0.238 e. The third-order valence-corrected chi connectivity index (χ3v) is 4.32. The highest BCUT2D eigenvalue weighted by Gasteiger charge is 2.15. The van der Waals surface area contributed by atoms with Crippen molar-refractivity contribution in [3.8, 4) is 0 Å². The highest BCUT2D eigenvalue weighted by Crippen LogP contribution is 2.26. The molecule has 0 saturated carbocycles. The number of nitrogens with zero attached hydrogens (tertiary/aromatic N) is 1. The predicted molar refractivity (Wildman–Crippen MR) is 106 cm³/mol. The quantitative estimate of drug-likeness (QED) is 0.726. The fourth-order valence-electron chi connectivity index (χ4n) is 2.50. The Morgan fingerprint density at radius 2 is 1.70 bits per heavy atom. The lowest BCUT2D eigenvalue weighted by atomic mass is 10.1. The molecule has 2 rings (SSSR count). The average Bonchev–Trinajstić information content (AvgIpc) is 2.56. The van der Waals surface area contributed by atoms with E-state index < -0.39 is 0 Å². The van der Waals surface area contributed by atoms with Crippen LogP contribution in [0.2, 0.25) is 10.0 Å². The van der Waals surface area contributed by atoms with E-state index in [0.717, 1.165) is 5.56 Å². The largest absolute Gasteiger partial charge is 0.348 e. The van der Waals surface area contributed by atoms with E-state index in [-0.39, 0.29) is 36.8 Å². The number of hydrogen-bond acceptors (Lipinski definition) is 3. The number of hydrogen-bond donors (Lipinski definition) is 2. The summed E-state index contributed by atoms with van der Waals surface area (Å²) in [6.45, 7) is 1.86. The van der Waals surface area contributed by atoms with Gasteiger partial charge in [0.25, 0.3) is 0 Å². The summed E-state index contributed by atoms with van der Waals surface area (Å²) in [5.41, 5.74) is 1.25. The van der Waals surface area contributed by atoms with Crippen molar-refractivity contribution in [2.24, 2.45) is 0 Å². The van der Waals surface area contributed by atoms with Gasteiger partial charge in [-0.05, 0) is 55.9 Å². The molecule has 144 valence electrons. The summed E-state index contributed by atoms with van der Waals surface area (Å²) in [7, 11) is 1.66. The first kappa shape index (κ1) is 21.2. The van der Waals surface area contributed by atoms with Crippen LogP contribution < -0.4 is 10.6 Å². The van der Waals surface area contributed by atoms with Crippen molar-refractivity contribution in [2.45, 2.75) is 13.0 Å². The lowest BCUT2D eigenvalue weighted by Crippen LogP contribution is -2.39. The molecule has 0 heterocycles. The molecule has 2 N–H and O–H groups in total. The molecule has 5 nitrogen and oxygen atoms in total. The number of likely N-dealkylation sites (N-methyl/N-ethyl adjacent to an activating group) is 1. The first-order chi connectivity index (χ1) is 12.7. The van der Waals surface area contributed by atoms with Gasteiger partial charge >= 0.3 is 0 Å². The van der Waals surface area contributed by atoms with Crippen LogP contribution in [-0.4, -0.2) is 36.9 Å². The van der Waals surface area contributed by atoms with Gasteiger partial charge in [-0.3, -0.25) is 14.5 Å². The van der Waals surface area contributed by atoms with Crippen LogP contribution in [0.1, 0.15) is 18.5 Å². The van der Waals surface area contributed by atoms with Crippen molar-refractivity contribution in [1.29, 1.82) is 0 Å². The second-order valence-corrected chi connectivity index (χ2v) is 7.03. The maximum absolute atomic E-state index is 12.9. The van der Waals surface area contributed by atoms with E-state index in [0.29, 0.717) is 15.7 Å². The standard InChI is InChI=1S/C19H20Cl2FN3O2/c1-12(16-8-3-13(20)9-17(16)21)23-18(26)10-25(2)11-19(27)24-15-6-4-14(22)5-7-15/h3-9,12H,10-11H2,1-2H3,(H,23,26)(H,24,27)/t12-/m0/s1. The summed E-state index contributed by atoms with van der Waals surface area (Å²) in [4.78, 5) is 25.8. The molecule has 8 heteroatoms. The fraction of sp³-hybridized carbons (Fsp3) is 0.263. The number of amides is 2. The molecular formula is C19H20Cl2FN3O2. The van der Waals surface area contributed by atoms with E-state index in [4.69, 9.17) is 23.2 Å². The monoisotopic (exact) mass is 411 g/mol. The molecule has 0 aliphatic carbocycles. The Morgan fingerprint density at radius 1 is 1.07 bits per heavy atom. The number of halogens is 3. The number of rotatable bonds is 7. The predicted octanol–water partition coefficient (Wildman–Crippen LogP) is 3.88. The summed E-state index contributed by atoms with van der Waals surface area (Å²) < 4.78 is 12.9. The Balaban J connectivity index is 1.82. The number of benzene rings is 2. The number of nitrogens with one attached hydrogen (secondary N) is 2. The zero-order valence-electron chi connectivity index (χ0n) is 14.9. The molecular weight excluding hydrogens is 392 g/mol. The average molecular weight is 412 g/mol. The van der Waals surface area contributed by atoms with Gasteiger partial charge in [0.1, 0.15) is 5.82 Å². The van der Waals surface area contributed by atoms with E-state index in [1.165, 1.54) is 24.3 Å². The zero-order valence-corrected chi connectivity index (χ0v) is 16.4. The molecule has 0 aromatic heterocycles. The third kappa shape index (κ3) is 6.82. The van der Waals surface area contributed by atoms with Gasteiger partial charge in [-0.2, -0.15) is 0 Å². The van der Waals surface area contributed by atoms with Gasteiger partial charge in [0, 0.05) is 15.7 Å². The summed E-state index contributed by atoms with van der Waals surface area (Å²) in [5.74, 6) is -0.923. The first-order valence-corrected chi connectivity index (χ1v) is 8.98. The molecule has 0 aliphatic heterocycles. The van der Waals surface area contributed by atoms with Gasteiger partial charge in [-0.25, -0.2) is 4.39 Å². The van der Waals surface area contributed by atoms with E-state index in [1.54, 1.807) is 30.1 Å². The van der Waals surface area contributed by atoms with E-state index in [1.807, 2.05) is 6.92 Å². The molecule has 2 amide bonds. The molecule has 0 saturated heterocycles. The summed E-state index contributed by atoms with van der Waals surface area (Å²) in [6.07, 6.45) is 0. The summed E-state index contributed by atoms with van der Waals surface area (Å²) >= 11 is 12.0. The van der Waals surface area contributed by atoms with E-state index >= 15 is 0 Å². The lowest BCUT2D eigenvalue weighted by Gasteiger charge is -2.19. The van der Waals surface area contributed by atoms with Crippen LogP contribution in [0.3, 0.4) is 0 Å². The maximum Gasteiger partial charge on any atom is 0.238 e. The Hall–Kier alpha value is -2.15. The van der Waals surface area contributed by atoms with Crippen LogP contribution in [0.25, 0.3) is 0 Å². The van der Waals surface area contributed by atoms with Crippen molar-refractivity contribution in [2.75, 3.05) is 25.5 Å². The third-order valence-electron chi connectivity index (χ3n) is 3.76. The molecule has 2 aromatic rings. The SMILES string of the molecule is C[C@H](NC(=O)CN(C)CC(=O)Nc1ccc(F)cc1)c1ccc(Cl)cc1Cl. The second-order valence-electron chi connectivity index (χ2n) is 6.18. The normalized spacial score (nSPS) is 11.9. The maximum atomic E-state index is 12.9. The van der Waals surface area contributed by atoms with Gasteiger partial charge in [0.05, 0.1) is 19.1 Å². The molecule has 1 atom stereocenters. The molecule has 0 fully saturated rings. The highest BCUT2D eigenvalue weighted by molar-refractivity contribution is 6.35. The molecule has 0 aliphatic rings. The number of carbonyl (C=O) groups excluding carboxylic acids is 2. The van der Waals surface area contributed by atoms with Crippen LogP contribution in [0.4, 0.5) is 10.1 Å². The van der Waals surface area contributed by atoms with Crippen molar-refractivity contribution in [3.05, 3.63) is 63.9 Å². The van der Waals surface area contributed by atoms with Crippen LogP contribution >= 0.6 is 23.2 Å². The highest BCUT2D eigenvalue weighted by atomic mass is 35.5. The van der Waals surface area contributed by atoms with Crippen molar-refractivity contribution < 1.29 is 14.0 Å². The number of carbonyl (C=O) groups is 2.